The van der Waals surface area contributed by atoms with Crippen molar-refractivity contribution in [2.45, 2.75) is 19.4 Å². The third kappa shape index (κ3) is 3.27. The van der Waals surface area contributed by atoms with Crippen LogP contribution >= 0.6 is 11.6 Å². The summed E-state index contributed by atoms with van der Waals surface area (Å²) in [6, 6.07) is 16.4. The van der Waals surface area contributed by atoms with Crippen molar-refractivity contribution in [3.63, 3.8) is 0 Å². The summed E-state index contributed by atoms with van der Waals surface area (Å²) in [5, 5.41) is 7.23. The Bertz CT molecular complexity index is 1080. The number of hydrogen-bond donors (Lipinski definition) is 1. The van der Waals surface area contributed by atoms with Gasteiger partial charge in [-0.15, -0.1) is 0 Å². The molecule has 2 aromatic carbocycles. The van der Waals surface area contributed by atoms with Gasteiger partial charge in [-0.05, 0) is 37.1 Å². The van der Waals surface area contributed by atoms with Crippen molar-refractivity contribution < 1.29 is 4.79 Å². The minimum atomic E-state index is -0.558. The second-order valence-electron chi connectivity index (χ2n) is 6.66. The van der Waals surface area contributed by atoms with Crippen LogP contribution in [0.5, 0.6) is 0 Å². The Kier molecular flexibility index (Phi) is 4.88. The van der Waals surface area contributed by atoms with Gasteiger partial charge in [0.15, 0.2) is 0 Å². The molecule has 7 heteroatoms. The maximum atomic E-state index is 12.9. The Labute approximate surface area is 167 Å². The van der Waals surface area contributed by atoms with Crippen molar-refractivity contribution in [1.29, 1.82) is 0 Å². The Morgan fingerprint density at radius 1 is 1.14 bits per heavy atom. The first kappa shape index (κ1) is 18.3. The van der Waals surface area contributed by atoms with E-state index in [0.29, 0.717) is 17.9 Å². The third-order valence-electron chi connectivity index (χ3n) is 4.82. The smallest absolute Gasteiger partial charge is 0.292 e. The lowest BCUT2D eigenvalue weighted by molar-refractivity contribution is -0.118. The van der Waals surface area contributed by atoms with Crippen molar-refractivity contribution in [2.75, 3.05) is 16.8 Å². The van der Waals surface area contributed by atoms with Crippen LogP contribution in [0.1, 0.15) is 12.5 Å². The van der Waals surface area contributed by atoms with E-state index in [1.165, 1.54) is 10.9 Å². The van der Waals surface area contributed by atoms with E-state index in [1.807, 2.05) is 42.5 Å². The molecule has 0 radical (unpaired) electrons. The number of nitrogens with zero attached hydrogens (tertiary/aromatic N) is 3. The monoisotopic (exact) mass is 394 g/mol. The van der Waals surface area contributed by atoms with Gasteiger partial charge in [-0.2, -0.15) is 9.78 Å². The summed E-state index contributed by atoms with van der Waals surface area (Å²) in [6.45, 7) is 2.40. The number of amides is 1. The molecule has 0 fully saturated rings. The quantitative estimate of drug-likeness (QED) is 0.737. The van der Waals surface area contributed by atoms with Gasteiger partial charge < -0.3 is 10.2 Å². The molecule has 0 saturated heterocycles. The summed E-state index contributed by atoms with van der Waals surface area (Å²) in [5.41, 5.74) is 2.62. The minimum Gasteiger partial charge on any atom is -0.371 e. The molecule has 1 unspecified atom stereocenters. The SMILES string of the molecule is CC(Nc1cnn(-c2ccccc2)c(=O)c1Cl)C(=O)N1CCc2ccccc21. The molecule has 0 spiro atoms. The number of hydrogen-bond acceptors (Lipinski definition) is 4. The zero-order chi connectivity index (χ0) is 19.7. The molecular weight excluding hydrogens is 376 g/mol. The second kappa shape index (κ2) is 7.48. The normalized spacial score (nSPS) is 13.9. The maximum absolute atomic E-state index is 12.9. The number of halogens is 1. The number of para-hydroxylation sites is 2. The average Bonchev–Trinajstić information content (AvgIpc) is 3.15. The summed E-state index contributed by atoms with van der Waals surface area (Å²) >= 11 is 6.28. The summed E-state index contributed by atoms with van der Waals surface area (Å²) in [4.78, 5) is 27.3. The summed E-state index contributed by atoms with van der Waals surface area (Å²) in [5.74, 6) is -0.0757. The molecule has 1 aromatic heterocycles. The number of carbonyl (C=O) groups is 1. The molecule has 0 bridgehead atoms. The van der Waals surface area contributed by atoms with Gasteiger partial charge in [0.05, 0.1) is 17.6 Å². The first-order valence-corrected chi connectivity index (χ1v) is 9.43. The number of anilines is 2. The van der Waals surface area contributed by atoms with Crippen LogP contribution < -0.4 is 15.8 Å². The Balaban J connectivity index is 1.55. The fraction of sp³-hybridized carbons (Fsp3) is 0.190. The van der Waals surface area contributed by atoms with Crippen LogP contribution in [0.3, 0.4) is 0 Å². The molecule has 6 nitrogen and oxygen atoms in total. The molecule has 1 atom stereocenters. The zero-order valence-corrected chi connectivity index (χ0v) is 16.1. The molecule has 2 heterocycles. The lowest BCUT2D eigenvalue weighted by Gasteiger charge is -2.23. The number of nitrogens with one attached hydrogen (secondary N) is 1. The van der Waals surface area contributed by atoms with E-state index in [0.717, 1.165) is 17.7 Å². The van der Waals surface area contributed by atoms with Gasteiger partial charge in [0, 0.05) is 12.2 Å². The number of rotatable bonds is 4. The van der Waals surface area contributed by atoms with Gasteiger partial charge >= 0.3 is 0 Å². The molecule has 0 saturated carbocycles. The van der Waals surface area contributed by atoms with E-state index in [9.17, 15) is 9.59 Å². The van der Waals surface area contributed by atoms with E-state index >= 15 is 0 Å². The van der Waals surface area contributed by atoms with Crippen LogP contribution in [0.4, 0.5) is 11.4 Å². The molecule has 0 aliphatic carbocycles. The van der Waals surface area contributed by atoms with Gasteiger partial charge in [-0.25, -0.2) is 0 Å². The van der Waals surface area contributed by atoms with Crippen LogP contribution in [-0.4, -0.2) is 28.3 Å². The van der Waals surface area contributed by atoms with E-state index in [1.54, 1.807) is 24.0 Å². The van der Waals surface area contributed by atoms with Crippen molar-refractivity contribution in [3.8, 4) is 5.69 Å². The molecule has 142 valence electrons. The van der Waals surface area contributed by atoms with Gasteiger partial charge in [0.2, 0.25) is 5.91 Å². The lowest BCUT2D eigenvalue weighted by Crippen LogP contribution is -2.41. The molecule has 4 rings (SSSR count). The fourth-order valence-electron chi connectivity index (χ4n) is 3.38. The Morgan fingerprint density at radius 3 is 2.64 bits per heavy atom. The predicted molar refractivity (Wildman–Crippen MR) is 110 cm³/mol. The number of carbonyl (C=O) groups excluding carboxylic acids is 1. The van der Waals surface area contributed by atoms with Crippen molar-refractivity contribution in [3.05, 3.63) is 81.7 Å². The van der Waals surface area contributed by atoms with E-state index in [-0.39, 0.29) is 10.9 Å². The van der Waals surface area contributed by atoms with E-state index < -0.39 is 11.6 Å². The first-order chi connectivity index (χ1) is 13.6. The van der Waals surface area contributed by atoms with Gasteiger partial charge in [0.1, 0.15) is 11.1 Å². The molecule has 3 aromatic rings. The van der Waals surface area contributed by atoms with Gasteiger partial charge in [-0.1, -0.05) is 48.0 Å². The van der Waals surface area contributed by atoms with Gasteiger partial charge in [0.25, 0.3) is 5.56 Å². The van der Waals surface area contributed by atoms with Crippen LogP contribution in [0.15, 0.2) is 65.6 Å². The van der Waals surface area contributed by atoms with Crippen LogP contribution in [0, 0.1) is 0 Å². The topological polar surface area (TPSA) is 67.2 Å². The van der Waals surface area contributed by atoms with E-state index in [2.05, 4.69) is 10.4 Å². The number of benzene rings is 2. The first-order valence-electron chi connectivity index (χ1n) is 9.05. The maximum Gasteiger partial charge on any atom is 0.292 e. The molecular formula is C21H19ClN4O2. The third-order valence-corrected chi connectivity index (χ3v) is 5.18. The fourth-order valence-corrected chi connectivity index (χ4v) is 3.57. The standard InChI is InChI=1S/C21H19ClN4O2/c1-14(20(27)25-12-11-15-7-5-6-10-18(15)25)24-17-13-23-26(21(28)19(17)22)16-8-3-2-4-9-16/h2-10,13-14,24H,11-12H2,1H3. The second-order valence-corrected chi connectivity index (χ2v) is 7.04. The highest BCUT2D eigenvalue weighted by molar-refractivity contribution is 6.33. The van der Waals surface area contributed by atoms with Crippen molar-refractivity contribution in [1.82, 2.24) is 9.78 Å². The highest BCUT2D eigenvalue weighted by atomic mass is 35.5. The molecule has 28 heavy (non-hydrogen) atoms. The van der Waals surface area contributed by atoms with Crippen molar-refractivity contribution in [2.24, 2.45) is 0 Å². The summed E-state index contributed by atoms with van der Waals surface area (Å²) in [7, 11) is 0. The molecule has 1 aliphatic rings. The van der Waals surface area contributed by atoms with Crippen LogP contribution in [0.25, 0.3) is 5.69 Å². The lowest BCUT2D eigenvalue weighted by atomic mass is 10.2. The number of fused-ring (bicyclic) bond motifs is 1. The van der Waals surface area contributed by atoms with Crippen LogP contribution in [-0.2, 0) is 11.2 Å². The predicted octanol–water partition coefficient (Wildman–Crippen LogP) is 3.28. The summed E-state index contributed by atoms with van der Waals surface area (Å²) < 4.78 is 1.23. The molecule has 1 amide bonds. The Morgan fingerprint density at radius 2 is 1.86 bits per heavy atom. The molecule has 1 aliphatic heterocycles. The zero-order valence-electron chi connectivity index (χ0n) is 15.3. The van der Waals surface area contributed by atoms with Gasteiger partial charge in [-0.3, -0.25) is 9.59 Å². The minimum absolute atomic E-state index is 0.000301. The summed E-state index contributed by atoms with van der Waals surface area (Å²) in [6.07, 6.45) is 2.31. The Hall–Kier alpha value is -3.12. The number of aromatic nitrogens is 2. The highest BCUT2D eigenvalue weighted by Gasteiger charge is 2.28. The van der Waals surface area contributed by atoms with Crippen LogP contribution in [0.2, 0.25) is 5.02 Å². The molecule has 1 N–H and O–H groups in total. The largest absolute Gasteiger partial charge is 0.371 e. The highest BCUT2D eigenvalue weighted by Crippen LogP contribution is 2.28. The average molecular weight is 395 g/mol. The van der Waals surface area contributed by atoms with Crippen molar-refractivity contribution >= 4 is 28.9 Å². The van der Waals surface area contributed by atoms with E-state index in [4.69, 9.17) is 11.6 Å².